The molecule has 0 radical (unpaired) electrons. The summed E-state index contributed by atoms with van der Waals surface area (Å²) < 4.78 is 1.26. The maximum atomic E-state index is 11.3. The minimum absolute atomic E-state index is 0.309. The highest BCUT2D eigenvalue weighted by Gasteiger charge is 2.20. The van der Waals surface area contributed by atoms with Crippen LogP contribution in [0.25, 0.3) is 0 Å². The fourth-order valence-electron chi connectivity index (χ4n) is 1.19. The van der Waals surface area contributed by atoms with Crippen LogP contribution in [0, 0.1) is 17.0 Å². The molecule has 0 bridgehead atoms. The molecule has 72 valence electrons. The molecule has 0 aliphatic carbocycles. The van der Waals surface area contributed by atoms with Gasteiger partial charge < -0.3 is 0 Å². The van der Waals surface area contributed by atoms with Gasteiger partial charge in [0.2, 0.25) is 0 Å². The lowest BCUT2D eigenvalue weighted by Gasteiger charge is -1.94. The number of nitro groups is 1. The SMILES string of the molecule is CCCn1[nH]c(C)c([N+](=O)[O-])c1=O. The number of aromatic amines is 1. The van der Waals surface area contributed by atoms with Crippen molar-refractivity contribution in [1.82, 2.24) is 9.78 Å². The average molecular weight is 185 g/mol. The molecule has 0 aromatic carbocycles. The Balaban J connectivity index is 3.23. The van der Waals surface area contributed by atoms with Crippen LogP contribution in [0.2, 0.25) is 0 Å². The summed E-state index contributed by atoms with van der Waals surface area (Å²) in [6.07, 6.45) is 0.761. The topological polar surface area (TPSA) is 80.9 Å². The third-order valence-corrected chi connectivity index (χ3v) is 1.74. The van der Waals surface area contributed by atoms with Gasteiger partial charge in [-0.15, -0.1) is 0 Å². The third-order valence-electron chi connectivity index (χ3n) is 1.74. The number of H-pyrrole nitrogens is 1. The molecular weight excluding hydrogens is 174 g/mol. The van der Waals surface area contributed by atoms with E-state index in [0.717, 1.165) is 6.42 Å². The van der Waals surface area contributed by atoms with Gasteiger partial charge in [-0.05, 0) is 13.3 Å². The van der Waals surface area contributed by atoms with Crippen LogP contribution in [0.4, 0.5) is 5.69 Å². The fraction of sp³-hybridized carbons (Fsp3) is 0.571. The van der Waals surface area contributed by atoms with E-state index in [2.05, 4.69) is 5.10 Å². The van der Waals surface area contributed by atoms with Crippen molar-refractivity contribution in [1.29, 1.82) is 0 Å². The minimum Gasteiger partial charge on any atom is -0.293 e. The van der Waals surface area contributed by atoms with Crippen LogP contribution in [0.1, 0.15) is 19.0 Å². The molecule has 0 fully saturated rings. The van der Waals surface area contributed by atoms with Gasteiger partial charge in [0.15, 0.2) is 0 Å². The van der Waals surface area contributed by atoms with Crippen molar-refractivity contribution < 1.29 is 4.92 Å². The molecule has 13 heavy (non-hydrogen) atoms. The van der Waals surface area contributed by atoms with E-state index < -0.39 is 10.5 Å². The Bertz CT molecular complexity index is 377. The Kier molecular flexibility index (Phi) is 2.50. The molecule has 0 saturated carbocycles. The number of aromatic nitrogens is 2. The normalized spacial score (nSPS) is 10.3. The van der Waals surface area contributed by atoms with Crippen molar-refractivity contribution in [2.45, 2.75) is 26.8 Å². The first-order valence-corrected chi connectivity index (χ1v) is 4.01. The summed E-state index contributed by atoms with van der Waals surface area (Å²) in [5.41, 5.74) is -0.596. The summed E-state index contributed by atoms with van der Waals surface area (Å²) in [5, 5.41) is 13.1. The van der Waals surface area contributed by atoms with Gasteiger partial charge >= 0.3 is 11.2 Å². The molecule has 1 heterocycles. The zero-order valence-electron chi connectivity index (χ0n) is 7.53. The molecule has 0 atom stereocenters. The number of hydrogen-bond donors (Lipinski definition) is 1. The Morgan fingerprint density at radius 3 is 2.62 bits per heavy atom. The van der Waals surface area contributed by atoms with E-state index in [9.17, 15) is 14.9 Å². The molecule has 0 saturated heterocycles. The summed E-state index contributed by atoms with van der Waals surface area (Å²) in [6, 6.07) is 0. The first-order chi connectivity index (χ1) is 6.07. The second kappa shape index (κ2) is 3.42. The van der Waals surface area contributed by atoms with Gasteiger partial charge in [-0.2, -0.15) is 0 Å². The van der Waals surface area contributed by atoms with Crippen molar-refractivity contribution in [2.24, 2.45) is 0 Å². The van der Waals surface area contributed by atoms with Crippen LogP contribution in [-0.4, -0.2) is 14.7 Å². The highest BCUT2D eigenvalue weighted by atomic mass is 16.6. The Morgan fingerprint density at radius 1 is 1.62 bits per heavy atom. The molecule has 1 aromatic rings. The van der Waals surface area contributed by atoms with E-state index in [4.69, 9.17) is 0 Å². The molecule has 1 rings (SSSR count). The number of nitrogens with one attached hydrogen (secondary N) is 1. The van der Waals surface area contributed by atoms with Crippen LogP contribution in [0.15, 0.2) is 4.79 Å². The highest BCUT2D eigenvalue weighted by Crippen LogP contribution is 2.08. The van der Waals surface area contributed by atoms with Gasteiger partial charge in [-0.3, -0.25) is 20.0 Å². The molecule has 0 unspecified atom stereocenters. The maximum absolute atomic E-state index is 11.3. The summed E-state index contributed by atoms with van der Waals surface area (Å²) >= 11 is 0. The molecule has 0 aliphatic rings. The van der Waals surface area contributed by atoms with E-state index in [1.54, 1.807) is 0 Å². The van der Waals surface area contributed by atoms with Gasteiger partial charge in [0.25, 0.3) is 0 Å². The predicted molar refractivity (Wildman–Crippen MR) is 46.7 cm³/mol. The van der Waals surface area contributed by atoms with Crippen LogP contribution in [0.3, 0.4) is 0 Å². The highest BCUT2D eigenvalue weighted by molar-refractivity contribution is 5.31. The van der Waals surface area contributed by atoms with Gasteiger partial charge in [-0.25, -0.2) is 4.68 Å². The van der Waals surface area contributed by atoms with Crippen LogP contribution < -0.4 is 5.56 Å². The number of aryl methyl sites for hydroxylation is 2. The van der Waals surface area contributed by atoms with Gasteiger partial charge in [0.1, 0.15) is 5.69 Å². The first kappa shape index (κ1) is 9.50. The smallest absolute Gasteiger partial charge is 0.293 e. The van der Waals surface area contributed by atoms with Crippen LogP contribution in [0.5, 0.6) is 0 Å². The Hall–Kier alpha value is -1.59. The second-order valence-electron chi connectivity index (χ2n) is 2.80. The molecule has 0 aliphatic heterocycles. The third kappa shape index (κ3) is 1.61. The minimum atomic E-state index is -0.652. The van der Waals surface area contributed by atoms with Crippen molar-refractivity contribution in [3.8, 4) is 0 Å². The molecule has 1 N–H and O–H groups in total. The standard InChI is InChI=1S/C7H11N3O3/c1-3-4-9-7(11)6(10(12)13)5(2)8-9/h8H,3-4H2,1-2H3. The molecule has 1 aromatic heterocycles. The average Bonchev–Trinajstić information content (AvgIpc) is 2.28. The number of nitrogens with zero attached hydrogens (tertiary/aromatic N) is 2. The number of hydrogen-bond acceptors (Lipinski definition) is 3. The van der Waals surface area contributed by atoms with E-state index in [0.29, 0.717) is 12.2 Å². The van der Waals surface area contributed by atoms with E-state index in [1.165, 1.54) is 11.6 Å². The summed E-state index contributed by atoms with van der Waals surface area (Å²) in [5.74, 6) is 0. The fourth-order valence-corrected chi connectivity index (χ4v) is 1.19. The van der Waals surface area contributed by atoms with E-state index >= 15 is 0 Å². The van der Waals surface area contributed by atoms with E-state index in [1.807, 2.05) is 6.92 Å². The summed E-state index contributed by atoms with van der Waals surface area (Å²) in [7, 11) is 0. The Morgan fingerprint density at radius 2 is 2.23 bits per heavy atom. The quantitative estimate of drug-likeness (QED) is 0.558. The molecule has 0 amide bonds. The lowest BCUT2D eigenvalue weighted by molar-refractivity contribution is -0.386. The summed E-state index contributed by atoms with van der Waals surface area (Å²) in [6.45, 7) is 3.90. The van der Waals surface area contributed by atoms with Gasteiger partial charge in [-0.1, -0.05) is 6.92 Å². The van der Waals surface area contributed by atoms with Gasteiger partial charge in [0.05, 0.1) is 4.92 Å². The lowest BCUT2D eigenvalue weighted by Crippen LogP contribution is -2.18. The zero-order chi connectivity index (χ0) is 10.0. The molecule has 6 heteroatoms. The predicted octanol–water partition coefficient (Wildman–Crippen LogP) is 0.803. The second-order valence-corrected chi connectivity index (χ2v) is 2.80. The maximum Gasteiger partial charge on any atom is 0.355 e. The van der Waals surface area contributed by atoms with Crippen molar-refractivity contribution in [3.05, 3.63) is 26.2 Å². The first-order valence-electron chi connectivity index (χ1n) is 4.01. The monoisotopic (exact) mass is 185 g/mol. The lowest BCUT2D eigenvalue weighted by atomic mass is 10.4. The molecular formula is C7H11N3O3. The molecule has 0 spiro atoms. The van der Waals surface area contributed by atoms with Gasteiger partial charge in [0, 0.05) is 6.54 Å². The van der Waals surface area contributed by atoms with Crippen molar-refractivity contribution in [3.63, 3.8) is 0 Å². The Labute approximate surface area is 74.3 Å². The number of rotatable bonds is 3. The zero-order valence-corrected chi connectivity index (χ0v) is 7.53. The van der Waals surface area contributed by atoms with E-state index in [-0.39, 0.29) is 5.69 Å². The molecule has 6 nitrogen and oxygen atoms in total. The van der Waals surface area contributed by atoms with Crippen LogP contribution in [-0.2, 0) is 6.54 Å². The van der Waals surface area contributed by atoms with Crippen molar-refractivity contribution >= 4 is 5.69 Å². The van der Waals surface area contributed by atoms with Crippen molar-refractivity contribution in [2.75, 3.05) is 0 Å². The summed E-state index contributed by atoms with van der Waals surface area (Å²) in [4.78, 5) is 21.1. The van der Waals surface area contributed by atoms with Crippen LogP contribution >= 0.6 is 0 Å². The largest absolute Gasteiger partial charge is 0.355 e.